The Labute approximate surface area is 56.8 Å². The maximum Gasteiger partial charge on any atom is 0.00989 e. The Balaban J connectivity index is 2.01. The molecule has 3 atom stereocenters. The first-order valence-corrected chi connectivity index (χ1v) is 4.16. The lowest BCUT2D eigenvalue weighted by molar-refractivity contribution is 0.395. The van der Waals surface area contributed by atoms with Crippen molar-refractivity contribution in [2.45, 2.75) is 44.7 Å². The standard InChI is InChI=1S/C8H15N/c1-2-6-5-7-3-4-8(6)9-7/h6-9H,2-5H2,1H3. The molecule has 0 radical (unpaired) electrons. The predicted molar refractivity (Wildman–Crippen MR) is 38.3 cm³/mol. The van der Waals surface area contributed by atoms with Crippen molar-refractivity contribution in [1.82, 2.24) is 5.32 Å². The van der Waals surface area contributed by atoms with E-state index in [0.29, 0.717) is 0 Å². The average molecular weight is 125 g/mol. The van der Waals surface area contributed by atoms with Crippen LogP contribution in [0.2, 0.25) is 0 Å². The van der Waals surface area contributed by atoms with Crippen LogP contribution in [0.1, 0.15) is 32.6 Å². The molecule has 0 saturated carbocycles. The predicted octanol–water partition coefficient (Wildman–Crippen LogP) is 1.54. The molecule has 0 aromatic heterocycles. The summed E-state index contributed by atoms with van der Waals surface area (Å²) < 4.78 is 0. The Hall–Kier alpha value is -0.0400. The molecule has 9 heavy (non-hydrogen) atoms. The molecule has 2 aliphatic heterocycles. The third kappa shape index (κ3) is 0.787. The van der Waals surface area contributed by atoms with Crippen LogP contribution in [0.25, 0.3) is 0 Å². The van der Waals surface area contributed by atoms with Crippen LogP contribution in [0.15, 0.2) is 0 Å². The van der Waals surface area contributed by atoms with Gasteiger partial charge in [-0.05, 0) is 25.2 Å². The molecule has 52 valence electrons. The summed E-state index contributed by atoms with van der Waals surface area (Å²) in [5.41, 5.74) is 0. The summed E-state index contributed by atoms with van der Waals surface area (Å²) in [7, 11) is 0. The van der Waals surface area contributed by atoms with Crippen molar-refractivity contribution >= 4 is 0 Å². The topological polar surface area (TPSA) is 12.0 Å². The monoisotopic (exact) mass is 125 g/mol. The Morgan fingerprint density at radius 1 is 1.44 bits per heavy atom. The molecule has 2 fully saturated rings. The smallest absolute Gasteiger partial charge is 0.00989 e. The number of fused-ring (bicyclic) bond motifs is 2. The molecule has 2 saturated heterocycles. The van der Waals surface area contributed by atoms with E-state index in [-0.39, 0.29) is 0 Å². The van der Waals surface area contributed by atoms with Crippen LogP contribution in [0.5, 0.6) is 0 Å². The van der Waals surface area contributed by atoms with Gasteiger partial charge in [0.05, 0.1) is 0 Å². The average Bonchev–Trinajstić information content (AvgIpc) is 2.45. The van der Waals surface area contributed by atoms with Crippen LogP contribution in [0.4, 0.5) is 0 Å². The zero-order chi connectivity index (χ0) is 6.27. The van der Waals surface area contributed by atoms with Crippen LogP contribution in [0.3, 0.4) is 0 Å². The second-order valence-electron chi connectivity index (χ2n) is 3.45. The molecule has 1 N–H and O–H groups in total. The van der Waals surface area contributed by atoms with Gasteiger partial charge in [-0.25, -0.2) is 0 Å². The first-order valence-electron chi connectivity index (χ1n) is 4.16. The molecular formula is C8H15N. The third-order valence-electron chi connectivity index (χ3n) is 2.96. The van der Waals surface area contributed by atoms with Crippen LogP contribution in [0, 0.1) is 5.92 Å². The fourth-order valence-corrected chi connectivity index (χ4v) is 2.39. The van der Waals surface area contributed by atoms with Crippen LogP contribution < -0.4 is 5.32 Å². The summed E-state index contributed by atoms with van der Waals surface area (Å²) >= 11 is 0. The Morgan fingerprint density at radius 2 is 2.33 bits per heavy atom. The molecular weight excluding hydrogens is 110 g/mol. The minimum absolute atomic E-state index is 0.903. The largest absolute Gasteiger partial charge is 0.311 e. The number of nitrogens with one attached hydrogen (secondary N) is 1. The summed E-state index contributed by atoms with van der Waals surface area (Å²) in [6.07, 6.45) is 5.74. The first kappa shape index (κ1) is 5.72. The van der Waals surface area contributed by atoms with Gasteiger partial charge in [0.2, 0.25) is 0 Å². The molecule has 0 amide bonds. The van der Waals surface area contributed by atoms with Crippen LogP contribution >= 0.6 is 0 Å². The summed E-state index contributed by atoms with van der Waals surface area (Å²) in [5, 5.41) is 3.63. The first-order chi connectivity index (χ1) is 4.40. The summed E-state index contributed by atoms with van der Waals surface area (Å²) in [6.45, 7) is 2.31. The second kappa shape index (κ2) is 1.98. The molecule has 2 aliphatic rings. The third-order valence-corrected chi connectivity index (χ3v) is 2.96. The van der Waals surface area contributed by atoms with E-state index in [1.54, 1.807) is 0 Å². The Kier molecular flexibility index (Phi) is 1.26. The lowest BCUT2D eigenvalue weighted by Crippen LogP contribution is -2.22. The Bertz CT molecular complexity index is 111. The van der Waals surface area contributed by atoms with Gasteiger partial charge in [0.25, 0.3) is 0 Å². The normalized spacial score (nSPS) is 48.3. The van der Waals surface area contributed by atoms with Crippen molar-refractivity contribution in [3.05, 3.63) is 0 Å². The van der Waals surface area contributed by atoms with E-state index in [1.165, 1.54) is 25.7 Å². The summed E-state index contributed by atoms with van der Waals surface area (Å²) in [4.78, 5) is 0. The van der Waals surface area contributed by atoms with Crippen molar-refractivity contribution in [2.75, 3.05) is 0 Å². The molecule has 0 aromatic carbocycles. The van der Waals surface area contributed by atoms with Gasteiger partial charge >= 0.3 is 0 Å². The quantitative estimate of drug-likeness (QED) is 0.560. The van der Waals surface area contributed by atoms with E-state index in [2.05, 4.69) is 12.2 Å². The molecule has 1 heteroatoms. The molecule has 2 heterocycles. The zero-order valence-corrected chi connectivity index (χ0v) is 6.06. The highest BCUT2D eigenvalue weighted by Gasteiger charge is 2.37. The maximum atomic E-state index is 3.63. The van der Waals surface area contributed by atoms with Crippen molar-refractivity contribution in [2.24, 2.45) is 5.92 Å². The summed E-state index contributed by atoms with van der Waals surface area (Å²) in [5.74, 6) is 1.02. The second-order valence-corrected chi connectivity index (χ2v) is 3.45. The zero-order valence-electron chi connectivity index (χ0n) is 6.06. The van der Waals surface area contributed by atoms with Gasteiger partial charge in [0, 0.05) is 12.1 Å². The van der Waals surface area contributed by atoms with E-state index >= 15 is 0 Å². The van der Waals surface area contributed by atoms with E-state index in [4.69, 9.17) is 0 Å². The van der Waals surface area contributed by atoms with Gasteiger partial charge in [-0.15, -0.1) is 0 Å². The lowest BCUT2D eigenvalue weighted by Gasteiger charge is -2.17. The molecule has 2 bridgehead atoms. The molecule has 3 unspecified atom stereocenters. The van der Waals surface area contributed by atoms with Crippen molar-refractivity contribution in [1.29, 1.82) is 0 Å². The summed E-state index contributed by atoms with van der Waals surface area (Å²) in [6, 6.07) is 1.81. The highest BCUT2D eigenvalue weighted by molar-refractivity contribution is 4.96. The van der Waals surface area contributed by atoms with E-state index in [0.717, 1.165) is 18.0 Å². The van der Waals surface area contributed by atoms with Crippen molar-refractivity contribution in [3.8, 4) is 0 Å². The van der Waals surface area contributed by atoms with Crippen molar-refractivity contribution < 1.29 is 0 Å². The minimum Gasteiger partial charge on any atom is -0.311 e. The van der Waals surface area contributed by atoms with E-state index in [9.17, 15) is 0 Å². The molecule has 0 aromatic rings. The van der Waals surface area contributed by atoms with Gasteiger partial charge < -0.3 is 5.32 Å². The van der Waals surface area contributed by atoms with Gasteiger partial charge in [-0.1, -0.05) is 13.3 Å². The van der Waals surface area contributed by atoms with Gasteiger partial charge in [0.1, 0.15) is 0 Å². The number of hydrogen-bond acceptors (Lipinski definition) is 1. The molecule has 0 spiro atoms. The Morgan fingerprint density at radius 3 is 2.67 bits per heavy atom. The van der Waals surface area contributed by atoms with E-state index < -0.39 is 0 Å². The molecule has 1 nitrogen and oxygen atoms in total. The van der Waals surface area contributed by atoms with Gasteiger partial charge in [0.15, 0.2) is 0 Å². The minimum atomic E-state index is 0.903. The fourth-order valence-electron chi connectivity index (χ4n) is 2.39. The lowest BCUT2D eigenvalue weighted by atomic mass is 9.87. The number of hydrogen-bond donors (Lipinski definition) is 1. The van der Waals surface area contributed by atoms with Crippen LogP contribution in [-0.2, 0) is 0 Å². The van der Waals surface area contributed by atoms with Gasteiger partial charge in [-0.2, -0.15) is 0 Å². The highest BCUT2D eigenvalue weighted by Crippen LogP contribution is 2.34. The highest BCUT2D eigenvalue weighted by atomic mass is 15.0. The number of rotatable bonds is 1. The maximum absolute atomic E-state index is 3.63. The molecule has 0 aliphatic carbocycles. The van der Waals surface area contributed by atoms with E-state index in [1.807, 2.05) is 0 Å². The SMILES string of the molecule is CCC1CC2CCC1N2. The van der Waals surface area contributed by atoms with Crippen molar-refractivity contribution in [3.63, 3.8) is 0 Å². The molecule has 2 rings (SSSR count). The fraction of sp³-hybridized carbons (Fsp3) is 1.00. The van der Waals surface area contributed by atoms with Gasteiger partial charge in [-0.3, -0.25) is 0 Å². The van der Waals surface area contributed by atoms with Crippen LogP contribution in [-0.4, -0.2) is 12.1 Å².